The molecule has 3 heterocycles. The molecule has 0 saturated heterocycles. The van der Waals surface area contributed by atoms with Crippen LogP contribution >= 0.6 is 0 Å². The first-order chi connectivity index (χ1) is 11.3. The Bertz CT molecular complexity index is 839. The van der Waals surface area contributed by atoms with E-state index in [1.807, 2.05) is 10.7 Å². The van der Waals surface area contributed by atoms with Crippen molar-refractivity contribution in [2.45, 2.75) is 25.9 Å². The molecule has 3 rings (SSSR count). The molecule has 1 aliphatic rings. The van der Waals surface area contributed by atoms with Crippen LogP contribution in [0.2, 0.25) is 0 Å². The molecule has 0 spiro atoms. The van der Waals surface area contributed by atoms with Gasteiger partial charge in [-0.05, 0) is 25.5 Å². The zero-order valence-electron chi connectivity index (χ0n) is 13.6. The van der Waals surface area contributed by atoms with Gasteiger partial charge in [0.15, 0.2) is 0 Å². The van der Waals surface area contributed by atoms with Crippen molar-refractivity contribution < 1.29 is 17.6 Å². The maximum Gasteiger partial charge on any atom is 0.257 e. The Labute approximate surface area is 140 Å². The number of hydrogen-bond acceptors (Lipinski definition) is 5. The second-order valence-electron chi connectivity index (χ2n) is 5.95. The highest BCUT2D eigenvalue weighted by atomic mass is 32.2. The lowest BCUT2D eigenvalue weighted by Crippen LogP contribution is -2.42. The smallest absolute Gasteiger partial charge is 0.257 e. The first-order valence-electron chi connectivity index (χ1n) is 7.65. The number of rotatable bonds is 5. The Morgan fingerprint density at radius 2 is 2.25 bits per heavy atom. The summed E-state index contributed by atoms with van der Waals surface area (Å²) in [4.78, 5) is 14.5. The summed E-state index contributed by atoms with van der Waals surface area (Å²) in [6.45, 7) is 3.01. The van der Waals surface area contributed by atoms with E-state index in [-0.39, 0.29) is 11.9 Å². The minimum Gasteiger partial charge on any atom is -0.469 e. The van der Waals surface area contributed by atoms with Crippen molar-refractivity contribution in [3.05, 3.63) is 41.6 Å². The number of carbonyl (C=O) groups excluding carboxylic acids is 1. The van der Waals surface area contributed by atoms with Gasteiger partial charge in [0.1, 0.15) is 5.76 Å². The van der Waals surface area contributed by atoms with Gasteiger partial charge < -0.3 is 9.32 Å². The molecule has 0 aromatic carbocycles. The molecule has 24 heavy (non-hydrogen) atoms. The highest BCUT2D eigenvalue weighted by molar-refractivity contribution is 7.88. The van der Waals surface area contributed by atoms with Crippen LogP contribution in [0.25, 0.3) is 0 Å². The van der Waals surface area contributed by atoms with Crippen molar-refractivity contribution in [3.8, 4) is 0 Å². The van der Waals surface area contributed by atoms with Crippen molar-refractivity contribution in [1.82, 2.24) is 19.4 Å². The van der Waals surface area contributed by atoms with Crippen LogP contribution in [-0.4, -0.2) is 48.4 Å². The summed E-state index contributed by atoms with van der Waals surface area (Å²) in [5.41, 5.74) is 1.48. The summed E-state index contributed by atoms with van der Waals surface area (Å²) in [6.07, 6.45) is 4.88. The van der Waals surface area contributed by atoms with E-state index in [0.29, 0.717) is 37.4 Å². The molecule has 1 aliphatic heterocycles. The second kappa shape index (κ2) is 6.40. The van der Waals surface area contributed by atoms with Crippen molar-refractivity contribution in [3.63, 3.8) is 0 Å². The van der Waals surface area contributed by atoms with Crippen molar-refractivity contribution >= 4 is 15.9 Å². The first kappa shape index (κ1) is 16.7. The monoisotopic (exact) mass is 352 g/mol. The molecular formula is C15H20N4O4S. The molecule has 0 fully saturated rings. The lowest BCUT2D eigenvalue weighted by Gasteiger charge is -2.34. The lowest BCUT2D eigenvalue weighted by atomic mass is 10.1. The highest BCUT2D eigenvalue weighted by Gasteiger charge is 2.30. The molecule has 130 valence electrons. The number of aryl methyl sites for hydroxylation is 1. The zero-order valence-corrected chi connectivity index (χ0v) is 14.4. The van der Waals surface area contributed by atoms with Gasteiger partial charge in [-0.25, -0.2) is 13.1 Å². The fourth-order valence-corrected chi connectivity index (χ4v) is 3.43. The Morgan fingerprint density at radius 1 is 1.46 bits per heavy atom. The fourth-order valence-electron chi connectivity index (χ4n) is 2.94. The molecule has 0 bridgehead atoms. The summed E-state index contributed by atoms with van der Waals surface area (Å²) in [5.74, 6) is 0.504. The van der Waals surface area contributed by atoms with E-state index in [4.69, 9.17) is 4.42 Å². The molecule has 2 aromatic rings. The van der Waals surface area contributed by atoms with Gasteiger partial charge in [0.2, 0.25) is 10.0 Å². The Morgan fingerprint density at radius 3 is 2.92 bits per heavy atom. The van der Waals surface area contributed by atoms with Crippen LogP contribution in [0.3, 0.4) is 0 Å². The molecule has 1 unspecified atom stereocenters. The van der Waals surface area contributed by atoms with Gasteiger partial charge in [-0.15, -0.1) is 0 Å². The SMILES string of the molecule is Cc1occc1C(=O)N1Cc2ccnn2C(CCNS(C)(=O)=O)C1. The average molecular weight is 352 g/mol. The van der Waals surface area contributed by atoms with Crippen LogP contribution in [0.5, 0.6) is 0 Å². The van der Waals surface area contributed by atoms with Crippen molar-refractivity contribution in [1.29, 1.82) is 0 Å². The van der Waals surface area contributed by atoms with Crippen LogP contribution < -0.4 is 4.72 Å². The quantitative estimate of drug-likeness (QED) is 0.863. The zero-order chi connectivity index (χ0) is 17.3. The van der Waals surface area contributed by atoms with Gasteiger partial charge in [-0.1, -0.05) is 0 Å². The third-order valence-electron chi connectivity index (χ3n) is 4.10. The Kier molecular flexibility index (Phi) is 4.46. The fraction of sp³-hybridized carbons (Fsp3) is 0.467. The van der Waals surface area contributed by atoms with Gasteiger partial charge in [-0.3, -0.25) is 9.48 Å². The van der Waals surface area contributed by atoms with Crippen LogP contribution in [-0.2, 0) is 16.6 Å². The van der Waals surface area contributed by atoms with Crippen molar-refractivity contribution in [2.24, 2.45) is 0 Å². The number of nitrogens with one attached hydrogen (secondary N) is 1. The first-order valence-corrected chi connectivity index (χ1v) is 9.54. The molecular weight excluding hydrogens is 332 g/mol. The molecule has 2 aromatic heterocycles. The van der Waals surface area contributed by atoms with Gasteiger partial charge in [-0.2, -0.15) is 5.10 Å². The molecule has 1 amide bonds. The standard InChI is InChI=1S/C15H20N4O4S/c1-11-14(5-8-23-11)15(20)18-9-12-3-6-16-19(12)13(10-18)4-7-17-24(2,21)22/h3,5-6,8,13,17H,4,7,9-10H2,1-2H3. The maximum absolute atomic E-state index is 12.7. The van der Waals surface area contributed by atoms with E-state index in [2.05, 4.69) is 9.82 Å². The van der Waals surface area contributed by atoms with E-state index in [0.717, 1.165) is 11.9 Å². The van der Waals surface area contributed by atoms with Crippen LogP contribution in [0.4, 0.5) is 0 Å². The topological polar surface area (TPSA) is 97.4 Å². The molecule has 1 N–H and O–H groups in total. The molecule has 0 saturated carbocycles. The average Bonchev–Trinajstić information content (AvgIpc) is 3.13. The number of furan rings is 1. The van der Waals surface area contributed by atoms with Crippen LogP contribution in [0.15, 0.2) is 29.0 Å². The van der Waals surface area contributed by atoms with Crippen LogP contribution in [0.1, 0.15) is 34.3 Å². The molecule has 9 heteroatoms. The Balaban J connectivity index is 1.76. The largest absolute Gasteiger partial charge is 0.469 e. The van der Waals surface area contributed by atoms with Gasteiger partial charge in [0.25, 0.3) is 5.91 Å². The number of hydrogen-bond donors (Lipinski definition) is 1. The maximum atomic E-state index is 12.7. The number of sulfonamides is 1. The Hall–Kier alpha value is -2.13. The van der Waals surface area contributed by atoms with E-state index < -0.39 is 10.0 Å². The third-order valence-corrected chi connectivity index (χ3v) is 4.83. The minimum atomic E-state index is -3.23. The molecule has 0 aliphatic carbocycles. The molecule has 1 atom stereocenters. The second-order valence-corrected chi connectivity index (χ2v) is 7.79. The van der Waals surface area contributed by atoms with E-state index >= 15 is 0 Å². The van der Waals surface area contributed by atoms with Crippen LogP contribution in [0, 0.1) is 6.92 Å². The molecule has 0 radical (unpaired) electrons. The molecule has 8 nitrogen and oxygen atoms in total. The number of fused-ring (bicyclic) bond motifs is 1. The number of amides is 1. The third kappa shape index (κ3) is 3.51. The van der Waals surface area contributed by atoms with Gasteiger partial charge in [0.05, 0.1) is 36.4 Å². The summed E-state index contributed by atoms with van der Waals surface area (Å²) in [7, 11) is -3.23. The van der Waals surface area contributed by atoms with Gasteiger partial charge in [0, 0.05) is 19.3 Å². The summed E-state index contributed by atoms with van der Waals surface area (Å²) >= 11 is 0. The van der Waals surface area contributed by atoms with E-state index in [1.165, 1.54) is 6.26 Å². The number of carbonyl (C=O) groups is 1. The minimum absolute atomic E-state index is 0.0749. The van der Waals surface area contributed by atoms with E-state index in [1.54, 1.807) is 24.1 Å². The van der Waals surface area contributed by atoms with Crippen molar-refractivity contribution in [2.75, 3.05) is 19.3 Å². The summed E-state index contributed by atoms with van der Waals surface area (Å²) in [6, 6.07) is 3.47. The number of nitrogens with zero attached hydrogens (tertiary/aromatic N) is 3. The predicted molar refractivity (Wildman–Crippen MR) is 86.9 cm³/mol. The van der Waals surface area contributed by atoms with Gasteiger partial charge >= 0.3 is 0 Å². The highest BCUT2D eigenvalue weighted by Crippen LogP contribution is 2.25. The summed E-state index contributed by atoms with van der Waals surface area (Å²) < 4.78 is 32.0. The summed E-state index contributed by atoms with van der Waals surface area (Å²) in [5, 5.41) is 4.31. The predicted octanol–water partition coefficient (Wildman–Crippen LogP) is 0.921. The van der Waals surface area contributed by atoms with E-state index in [9.17, 15) is 13.2 Å². The lowest BCUT2D eigenvalue weighted by molar-refractivity contribution is 0.0663. The number of aromatic nitrogens is 2. The normalized spacial score (nSPS) is 17.8.